The van der Waals surface area contributed by atoms with Gasteiger partial charge in [-0.25, -0.2) is 0 Å². The quantitative estimate of drug-likeness (QED) is 0.388. The summed E-state index contributed by atoms with van der Waals surface area (Å²) in [4.78, 5) is 0. The lowest BCUT2D eigenvalue weighted by molar-refractivity contribution is 1.77. The SMILES string of the molecule is C[Si](C)(C)C#Cc1cccc2c1sc1ccccc12. The molecule has 0 aliphatic rings. The summed E-state index contributed by atoms with van der Waals surface area (Å²) in [6, 6.07) is 15.1. The van der Waals surface area contributed by atoms with Crippen LogP contribution in [-0.2, 0) is 0 Å². The van der Waals surface area contributed by atoms with Gasteiger partial charge in [-0.3, -0.25) is 0 Å². The monoisotopic (exact) mass is 280 g/mol. The van der Waals surface area contributed by atoms with Gasteiger partial charge in [0.05, 0.1) is 4.70 Å². The molecule has 3 aromatic rings. The number of hydrogen-bond acceptors (Lipinski definition) is 1. The number of fused-ring (bicyclic) bond motifs is 3. The lowest BCUT2D eigenvalue weighted by atomic mass is 10.1. The Balaban J connectivity index is 2.29. The zero-order valence-corrected chi connectivity index (χ0v) is 13.3. The van der Waals surface area contributed by atoms with E-state index in [9.17, 15) is 0 Å². The molecule has 0 nitrogen and oxygen atoms in total. The van der Waals surface area contributed by atoms with Crippen molar-refractivity contribution in [2.45, 2.75) is 19.6 Å². The molecule has 0 bridgehead atoms. The summed E-state index contributed by atoms with van der Waals surface area (Å²) in [5, 5.41) is 2.68. The predicted octanol–water partition coefficient (Wildman–Crippen LogP) is 5.28. The van der Waals surface area contributed by atoms with Crippen LogP contribution in [0.15, 0.2) is 42.5 Å². The molecule has 0 fully saturated rings. The summed E-state index contributed by atoms with van der Waals surface area (Å²) in [7, 11) is -1.32. The molecule has 0 radical (unpaired) electrons. The zero-order valence-electron chi connectivity index (χ0n) is 11.4. The minimum Gasteiger partial charge on any atom is -0.134 e. The number of thiophene rings is 1. The Kier molecular flexibility index (Phi) is 2.97. The molecule has 2 aromatic carbocycles. The summed E-state index contributed by atoms with van der Waals surface area (Å²) in [6.45, 7) is 6.85. The average molecular weight is 280 g/mol. The van der Waals surface area contributed by atoms with Crippen LogP contribution in [0, 0.1) is 11.5 Å². The summed E-state index contributed by atoms with van der Waals surface area (Å²) in [5.41, 5.74) is 4.65. The fourth-order valence-corrected chi connectivity index (χ4v) is 3.78. The molecular weight excluding hydrogens is 264 g/mol. The van der Waals surface area contributed by atoms with E-state index in [1.54, 1.807) is 0 Å². The van der Waals surface area contributed by atoms with Gasteiger partial charge in [-0.2, -0.15) is 0 Å². The maximum atomic E-state index is 3.47. The molecule has 0 spiro atoms. The second-order valence-corrected chi connectivity index (χ2v) is 11.6. The Morgan fingerprint density at radius 1 is 0.895 bits per heavy atom. The Morgan fingerprint density at radius 2 is 1.63 bits per heavy atom. The molecule has 3 rings (SSSR count). The first-order chi connectivity index (χ1) is 9.04. The second kappa shape index (κ2) is 4.52. The maximum Gasteiger partial charge on any atom is 0.129 e. The number of hydrogen-bond donors (Lipinski definition) is 0. The molecule has 2 heteroatoms. The maximum absolute atomic E-state index is 3.47. The first-order valence-electron chi connectivity index (χ1n) is 6.48. The molecule has 0 aliphatic carbocycles. The molecule has 0 unspecified atom stereocenters. The summed E-state index contributed by atoms with van der Waals surface area (Å²) in [6.07, 6.45) is 0. The summed E-state index contributed by atoms with van der Waals surface area (Å²) >= 11 is 1.85. The molecule has 0 saturated carbocycles. The summed E-state index contributed by atoms with van der Waals surface area (Å²) in [5.74, 6) is 3.41. The second-order valence-electron chi connectivity index (χ2n) is 5.78. The van der Waals surface area contributed by atoms with Crippen LogP contribution in [0.5, 0.6) is 0 Å². The lowest BCUT2D eigenvalue weighted by Gasteiger charge is -2.03. The van der Waals surface area contributed by atoms with Gasteiger partial charge in [0.15, 0.2) is 0 Å². The molecule has 0 N–H and O–H groups in total. The van der Waals surface area contributed by atoms with Crippen molar-refractivity contribution in [1.82, 2.24) is 0 Å². The number of rotatable bonds is 0. The van der Waals surface area contributed by atoms with Gasteiger partial charge in [-0.05, 0) is 12.1 Å². The van der Waals surface area contributed by atoms with E-state index in [2.05, 4.69) is 73.6 Å². The van der Waals surface area contributed by atoms with Crippen molar-refractivity contribution in [1.29, 1.82) is 0 Å². The molecular formula is C17H16SSi. The van der Waals surface area contributed by atoms with Crippen LogP contribution < -0.4 is 0 Å². The fourth-order valence-electron chi connectivity index (χ4n) is 2.10. The van der Waals surface area contributed by atoms with Gasteiger partial charge in [-0.1, -0.05) is 55.9 Å². The lowest BCUT2D eigenvalue weighted by Crippen LogP contribution is -2.16. The van der Waals surface area contributed by atoms with E-state index in [0.29, 0.717) is 0 Å². The van der Waals surface area contributed by atoms with Crippen molar-refractivity contribution in [3.05, 3.63) is 48.0 Å². The Hall–Kier alpha value is -1.56. The van der Waals surface area contributed by atoms with Crippen LogP contribution in [0.3, 0.4) is 0 Å². The average Bonchev–Trinajstić information content (AvgIpc) is 2.74. The van der Waals surface area contributed by atoms with E-state index < -0.39 is 8.07 Å². The van der Waals surface area contributed by atoms with Crippen molar-refractivity contribution in [2.75, 3.05) is 0 Å². The van der Waals surface area contributed by atoms with Crippen LogP contribution in [0.1, 0.15) is 5.56 Å². The molecule has 0 amide bonds. The van der Waals surface area contributed by atoms with Crippen LogP contribution in [0.25, 0.3) is 20.2 Å². The van der Waals surface area contributed by atoms with Crippen molar-refractivity contribution in [3.63, 3.8) is 0 Å². The molecule has 0 saturated heterocycles. The molecule has 19 heavy (non-hydrogen) atoms. The minimum absolute atomic E-state index is 1.18. The third-order valence-electron chi connectivity index (χ3n) is 2.98. The standard InChI is InChI=1S/C17H16SSi/c1-19(2,3)12-11-13-7-6-9-15-14-8-4-5-10-16(14)18-17(13)15/h4-10H,1-3H3. The minimum atomic E-state index is -1.32. The largest absolute Gasteiger partial charge is 0.134 e. The van der Waals surface area contributed by atoms with Gasteiger partial charge in [0.2, 0.25) is 0 Å². The predicted molar refractivity (Wildman–Crippen MR) is 89.6 cm³/mol. The van der Waals surface area contributed by atoms with Crippen molar-refractivity contribution in [2.24, 2.45) is 0 Å². The highest BCUT2D eigenvalue weighted by Gasteiger charge is 2.09. The highest BCUT2D eigenvalue weighted by molar-refractivity contribution is 7.26. The van der Waals surface area contributed by atoms with Gasteiger partial charge >= 0.3 is 0 Å². The van der Waals surface area contributed by atoms with Crippen LogP contribution in [0.4, 0.5) is 0 Å². The molecule has 0 atom stereocenters. The third-order valence-corrected chi connectivity index (χ3v) is 5.07. The van der Waals surface area contributed by atoms with E-state index in [0.717, 1.165) is 0 Å². The number of benzene rings is 2. The molecule has 1 aromatic heterocycles. The Bertz CT molecular complexity index is 810. The Morgan fingerprint density at radius 3 is 2.42 bits per heavy atom. The van der Waals surface area contributed by atoms with Gasteiger partial charge in [0.25, 0.3) is 0 Å². The Labute approximate surface area is 119 Å². The molecule has 94 valence electrons. The van der Waals surface area contributed by atoms with Crippen molar-refractivity contribution in [3.8, 4) is 11.5 Å². The van der Waals surface area contributed by atoms with Crippen molar-refractivity contribution >= 4 is 39.6 Å². The summed E-state index contributed by atoms with van der Waals surface area (Å²) < 4.78 is 2.68. The third kappa shape index (κ3) is 2.44. The van der Waals surface area contributed by atoms with Gasteiger partial charge < -0.3 is 0 Å². The highest BCUT2D eigenvalue weighted by Crippen LogP contribution is 2.35. The van der Waals surface area contributed by atoms with E-state index >= 15 is 0 Å². The van der Waals surface area contributed by atoms with Gasteiger partial charge in [0.1, 0.15) is 8.07 Å². The zero-order chi connectivity index (χ0) is 13.5. The smallest absolute Gasteiger partial charge is 0.129 e. The topological polar surface area (TPSA) is 0 Å². The van der Waals surface area contributed by atoms with E-state index in [1.165, 1.54) is 25.7 Å². The van der Waals surface area contributed by atoms with Crippen LogP contribution >= 0.6 is 11.3 Å². The van der Waals surface area contributed by atoms with Crippen molar-refractivity contribution < 1.29 is 0 Å². The van der Waals surface area contributed by atoms with E-state index in [4.69, 9.17) is 0 Å². The van der Waals surface area contributed by atoms with E-state index in [1.807, 2.05) is 11.3 Å². The van der Waals surface area contributed by atoms with Gasteiger partial charge in [-0.15, -0.1) is 16.9 Å². The van der Waals surface area contributed by atoms with Crippen LogP contribution in [0.2, 0.25) is 19.6 Å². The fraction of sp³-hybridized carbons (Fsp3) is 0.176. The van der Waals surface area contributed by atoms with Gasteiger partial charge in [0, 0.05) is 21.0 Å². The van der Waals surface area contributed by atoms with Crippen LogP contribution in [-0.4, -0.2) is 8.07 Å². The van der Waals surface area contributed by atoms with E-state index in [-0.39, 0.29) is 0 Å². The first kappa shape index (κ1) is 12.5. The first-order valence-corrected chi connectivity index (χ1v) is 10.8. The molecule has 0 aliphatic heterocycles. The normalized spacial score (nSPS) is 11.5. The highest BCUT2D eigenvalue weighted by atomic mass is 32.1. The molecule has 1 heterocycles.